The molecule has 0 heterocycles. The largest absolute Gasteiger partial charge is 0.384 e. The summed E-state index contributed by atoms with van der Waals surface area (Å²) in [6.07, 6.45) is 2.61. The standard InChI is InChI=1S/C24H26N4O2.2ClH/c25-17-21-5-3-18(4-6-21)1-2-19-7-11-22(12-8-19)24(26)27-16-15-20-9-13-23(14-10-20)28(29)30;;/h3-14H,1-2,15-17,25H2,(H2,26,27);2*1H. The first-order valence-electron chi connectivity index (χ1n) is 9.95. The van der Waals surface area contributed by atoms with Crippen molar-refractivity contribution in [2.45, 2.75) is 25.8 Å². The monoisotopic (exact) mass is 474 g/mol. The Morgan fingerprint density at radius 1 is 0.750 bits per heavy atom. The number of nitrogens with two attached hydrogens (primary N) is 2. The van der Waals surface area contributed by atoms with Crippen molar-refractivity contribution in [3.05, 3.63) is 111 Å². The molecule has 0 aliphatic heterocycles. The number of nitrogens with zero attached hydrogens (tertiary/aromatic N) is 2. The molecular weight excluding hydrogens is 447 g/mol. The van der Waals surface area contributed by atoms with Crippen molar-refractivity contribution in [1.82, 2.24) is 0 Å². The summed E-state index contributed by atoms with van der Waals surface area (Å²) in [5, 5.41) is 10.7. The van der Waals surface area contributed by atoms with Crippen molar-refractivity contribution in [3.63, 3.8) is 0 Å². The lowest BCUT2D eigenvalue weighted by Gasteiger charge is -2.06. The summed E-state index contributed by atoms with van der Waals surface area (Å²) in [7, 11) is 0. The molecule has 0 fully saturated rings. The SMILES string of the molecule is Cl.Cl.NCc1ccc(CCc2ccc(C(N)=NCCc3ccc([N+](=O)[O-])cc3)cc2)cc1. The molecule has 32 heavy (non-hydrogen) atoms. The minimum Gasteiger partial charge on any atom is -0.384 e. The van der Waals surface area contributed by atoms with E-state index in [1.165, 1.54) is 23.3 Å². The third-order valence-corrected chi connectivity index (χ3v) is 5.04. The van der Waals surface area contributed by atoms with E-state index >= 15 is 0 Å². The zero-order chi connectivity index (χ0) is 21.3. The van der Waals surface area contributed by atoms with Gasteiger partial charge in [0.1, 0.15) is 5.84 Å². The number of non-ortho nitro benzene ring substituents is 1. The van der Waals surface area contributed by atoms with Gasteiger partial charge in [0.15, 0.2) is 0 Å². The second-order valence-electron chi connectivity index (χ2n) is 7.16. The zero-order valence-electron chi connectivity index (χ0n) is 17.6. The molecule has 0 aromatic heterocycles. The number of halogens is 2. The number of rotatable bonds is 9. The summed E-state index contributed by atoms with van der Waals surface area (Å²) in [6, 6.07) is 23.1. The van der Waals surface area contributed by atoms with Crippen molar-refractivity contribution in [2.75, 3.05) is 6.54 Å². The molecule has 3 aromatic rings. The van der Waals surface area contributed by atoms with Crippen molar-refractivity contribution < 1.29 is 4.92 Å². The molecule has 0 saturated heterocycles. The Bertz CT molecular complexity index is 1010. The third-order valence-electron chi connectivity index (χ3n) is 5.04. The van der Waals surface area contributed by atoms with Crippen LogP contribution in [-0.2, 0) is 25.8 Å². The lowest BCUT2D eigenvalue weighted by Crippen LogP contribution is -2.14. The molecule has 0 aliphatic carbocycles. The van der Waals surface area contributed by atoms with Gasteiger partial charge in [0.25, 0.3) is 5.69 Å². The van der Waals surface area contributed by atoms with Gasteiger partial charge in [-0.15, -0.1) is 24.8 Å². The molecule has 0 aliphatic rings. The Hall–Kier alpha value is -2.93. The summed E-state index contributed by atoms with van der Waals surface area (Å²) in [4.78, 5) is 14.7. The van der Waals surface area contributed by atoms with Crippen molar-refractivity contribution in [1.29, 1.82) is 0 Å². The molecule has 3 rings (SSSR count). The lowest BCUT2D eigenvalue weighted by molar-refractivity contribution is -0.384. The topological polar surface area (TPSA) is 108 Å². The highest BCUT2D eigenvalue weighted by atomic mass is 35.5. The van der Waals surface area contributed by atoms with E-state index in [9.17, 15) is 10.1 Å². The van der Waals surface area contributed by atoms with Gasteiger partial charge in [-0.1, -0.05) is 60.7 Å². The molecule has 4 N–H and O–H groups in total. The van der Waals surface area contributed by atoms with Crippen LogP contribution in [0.1, 0.15) is 27.8 Å². The van der Waals surface area contributed by atoms with Crippen LogP contribution in [0, 0.1) is 10.1 Å². The molecule has 0 saturated carbocycles. The summed E-state index contributed by atoms with van der Waals surface area (Å²) in [5.41, 5.74) is 17.4. The number of nitro groups is 1. The van der Waals surface area contributed by atoms with E-state index in [0.29, 0.717) is 25.3 Å². The van der Waals surface area contributed by atoms with E-state index in [0.717, 1.165) is 29.5 Å². The third kappa shape index (κ3) is 7.96. The highest BCUT2D eigenvalue weighted by Gasteiger charge is 2.04. The maximum atomic E-state index is 10.7. The van der Waals surface area contributed by atoms with Gasteiger partial charge in [-0.3, -0.25) is 15.1 Å². The number of hydrogen-bond donors (Lipinski definition) is 2. The number of benzene rings is 3. The number of nitro benzene ring substituents is 1. The molecule has 8 heteroatoms. The average molecular weight is 475 g/mol. The van der Waals surface area contributed by atoms with Crippen LogP contribution in [-0.4, -0.2) is 17.3 Å². The first-order valence-corrected chi connectivity index (χ1v) is 9.95. The van der Waals surface area contributed by atoms with Gasteiger partial charge in [-0.05, 0) is 41.5 Å². The zero-order valence-corrected chi connectivity index (χ0v) is 19.3. The van der Waals surface area contributed by atoms with E-state index in [1.807, 2.05) is 12.1 Å². The van der Waals surface area contributed by atoms with Crippen LogP contribution >= 0.6 is 24.8 Å². The molecule has 6 nitrogen and oxygen atoms in total. The second-order valence-corrected chi connectivity index (χ2v) is 7.16. The quantitative estimate of drug-likeness (QED) is 0.204. The van der Waals surface area contributed by atoms with E-state index in [-0.39, 0.29) is 30.5 Å². The summed E-state index contributed by atoms with van der Waals surface area (Å²) < 4.78 is 0. The Balaban J connectivity index is 0.00000256. The maximum absolute atomic E-state index is 10.7. The molecule has 0 amide bonds. The Labute approximate surface area is 200 Å². The van der Waals surface area contributed by atoms with Gasteiger partial charge in [0, 0.05) is 30.8 Å². The fraction of sp³-hybridized carbons (Fsp3) is 0.208. The van der Waals surface area contributed by atoms with Crippen molar-refractivity contribution >= 4 is 36.3 Å². The van der Waals surface area contributed by atoms with Gasteiger partial charge in [0.2, 0.25) is 0 Å². The molecule has 0 radical (unpaired) electrons. The molecule has 0 bridgehead atoms. The maximum Gasteiger partial charge on any atom is 0.269 e. The fourth-order valence-corrected chi connectivity index (χ4v) is 3.15. The number of amidine groups is 1. The molecule has 0 unspecified atom stereocenters. The van der Waals surface area contributed by atoms with Crippen LogP contribution in [0.3, 0.4) is 0 Å². The number of aliphatic imine (C=N–C) groups is 1. The summed E-state index contributed by atoms with van der Waals surface area (Å²) in [5.74, 6) is 0.501. The highest BCUT2D eigenvalue weighted by Crippen LogP contribution is 2.13. The average Bonchev–Trinajstić information content (AvgIpc) is 2.78. The van der Waals surface area contributed by atoms with Gasteiger partial charge < -0.3 is 11.5 Å². The van der Waals surface area contributed by atoms with Gasteiger partial charge in [0.05, 0.1) is 4.92 Å². The molecule has 0 spiro atoms. The molecule has 170 valence electrons. The second kappa shape index (κ2) is 13.5. The van der Waals surface area contributed by atoms with Crippen LogP contribution in [0.2, 0.25) is 0 Å². The molecule has 0 atom stereocenters. The number of hydrogen-bond acceptors (Lipinski definition) is 4. The van der Waals surface area contributed by atoms with Crippen LogP contribution in [0.15, 0.2) is 77.8 Å². The summed E-state index contributed by atoms with van der Waals surface area (Å²) >= 11 is 0. The first-order chi connectivity index (χ1) is 14.5. The Kier molecular flexibility index (Phi) is 11.4. The van der Waals surface area contributed by atoms with E-state index in [1.54, 1.807) is 12.1 Å². The predicted octanol–water partition coefficient (Wildman–Crippen LogP) is 4.63. The minimum absolute atomic E-state index is 0. The van der Waals surface area contributed by atoms with Crippen LogP contribution < -0.4 is 11.5 Å². The smallest absolute Gasteiger partial charge is 0.269 e. The van der Waals surface area contributed by atoms with Crippen molar-refractivity contribution in [2.24, 2.45) is 16.5 Å². The lowest BCUT2D eigenvalue weighted by atomic mass is 10.0. The number of aryl methyl sites for hydroxylation is 2. The highest BCUT2D eigenvalue weighted by molar-refractivity contribution is 5.97. The first kappa shape index (κ1) is 27.1. The van der Waals surface area contributed by atoms with Gasteiger partial charge in [-0.25, -0.2) is 0 Å². The van der Waals surface area contributed by atoms with E-state index in [2.05, 4.69) is 41.4 Å². The molecular formula is C24H28Cl2N4O2. The molecule has 3 aromatic carbocycles. The van der Waals surface area contributed by atoms with Crippen LogP contribution in [0.4, 0.5) is 5.69 Å². The van der Waals surface area contributed by atoms with Crippen LogP contribution in [0.5, 0.6) is 0 Å². The minimum atomic E-state index is -0.402. The normalized spacial score (nSPS) is 10.7. The van der Waals surface area contributed by atoms with Crippen LogP contribution in [0.25, 0.3) is 0 Å². The van der Waals surface area contributed by atoms with Crippen molar-refractivity contribution in [3.8, 4) is 0 Å². The van der Waals surface area contributed by atoms with Gasteiger partial charge in [-0.2, -0.15) is 0 Å². The van der Waals surface area contributed by atoms with E-state index in [4.69, 9.17) is 11.5 Å². The predicted molar refractivity (Wildman–Crippen MR) is 135 cm³/mol. The van der Waals surface area contributed by atoms with E-state index < -0.39 is 4.92 Å². The Morgan fingerprint density at radius 3 is 1.69 bits per heavy atom. The fourth-order valence-electron chi connectivity index (χ4n) is 3.15. The summed E-state index contributed by atoms with van der Waals surface area (Å²) in [6.45, 7) is 1.10. The van der Waals surface area contributed by atoms with Gasteiger partial charge >= 0.3 is 0 Å². The Morgan fingerprint density at radius 2 is 1.19 bits per heavy atom.